The van der Waals surface area contributed by atoms with E-state index < -0.39 is 0 Å². The van der Waals surface area contributed by atoms with Crippen LogP contribution in [0.25, 0.3) is 0 Å². The van der Waals surface area contributed by atoms with Crippen molar-refractivity contribution in [2.45, 2.75) is 45.7 Å². The fourth-order valence-electron chi connectivity index (χ4n) is 3.87. The molecule has 0 N–H and O–H groups in total. The Balaban J connectivity index is 1.60. The Bertz CT molecular complexity index is 732. The molecule has 3 rings (SSSR count). The molecule has 4 heteroatoms. The number of rotatable bonds is 6. The smallest absolute Gasteiger partial charge is 0.224 e. The minimum atomic E-state index is 0.132. The minimum absolute atomic E-state index is 0.132. The van der Waals surface area contributed by atoms with E-state index in [1.807, 2.05) is 17.0 Å². The van der Waals surface area contributed by atoms with Gasteiger partial charge in [-0.25, -0.2) is 0 Å². The standard InChI is InChI=1S/C23H30N2O2/c1-4-19-5-9-21(10-6-19)25(18(2)26)22-13-15-24(16-14-22)17-20-7-11-23(27-3)12-8-20/h5-12,22H,4,13-17H2,1-3H3. The van der Waals surface area contributed by atoms with Gasteiger partial charge in [-0.05, 0) is 54.7 Å². The van der Waals surface area contributed by atoms with Gasteiger partial charge in [0.25, 0.3) is 0 Å². The molecule has 1 aliphatic heterocycles. The van der Waals surface area contributed by atoms with Crippen LogP contribution in [0.1, 0.15) is 37.8 Å². The Labute approximate surface area is 162 Å². The number of aryl methyl sites for hydroxylation is 1. The number of hydrogen-bond donors (Lipinski definition) is 0. The zero-order valence-corrected chi connectivity index (χ0v) is 16.6. The van der Waals surface area contributed by atoms with Crippen LogP contribution in [0.4, 0.5) is 5.69 Å². The molecule has 0 radical (unpaired) electrons. The number of anilines is 1. The summed E-state index contributed by atoms with van der Waals surface area (Å²) in [5.41, 5.74) is 3.62. The molecular weight excluding hydrogens is 336 g/mol. The number of ether oxygens (including phenoxy) is 1. The number of nitrogens with zero attached hydrogens (tertiary/aromatic N) is 2. The molecule has 1 amide bonds. The number of likely N-dealkylation sites (tertiary alicyclic amines) is 1. The quantitative estimate of drug-likeness (QED) is 0.765. The van der Waals surface area contributed by atoms with Crippen LogP contribution in [-0.2, 0) is 17.8 Å². The highest BCUT2D eigenvalue weighted by Gasteiger charge is 2.27. The van der Waals surface area contributed by atoms with Crippen LogP contribution >= 0.6 is 0 Å². The molecule has 0 bridgehead atoms. The minimum Gasteiger partial charge on any atom is -0.497 e. The maximum atomic E-state index is 12.3. The van der Waals surface area contributed by atoms with Crippen molar-refractivity contribution in [3.05, 3.63) is 59.7 Å². The average molecular weight is 367 g/mol. The van der Waals surface area contributed by atoms with Crippen LogP contribution in [0.15, 0.2) is 48.5 Å². The van der Waals surface area contributed by atoms with E-state index >= 15 is 0 Å². The second kappa shape index (κ2) is 9.05. The van der Waals surface area contributed by atoms with Crippen LogP contribution in [-0.4, -0.2) is 37.0 Å². The molecule has 0 aromatic heterocycles. The molecule has 1 aliphatic rings. The number of piperidine rings is 1. The Morgan fingerprint density at radius 2 is 1.63 bits per heavy atom. The summed E-state index contributed by atoms with van der Waals surface area (Å²) in [5, 5.41) is 0. The zero-order chi connectivity index (χ0) is 19.2. The third kappa shape index (κ3) is 4.89. The molecule has 0 aliphatic carbocycles. The Kier molecular flexibility index (Phi) is 6.51. The molecule has 0 unspecified atom stereocenters. The predicted molar refractivity (Wildman–Crippen MR) is 110 cm³/mol. The van der Waals surface area contributed by atoms with Crippen LogP contribution in [0.5, 0.6) is 5.75 Å². The molecular formula is C23H30N2O2. The van der Waals surface area contributed by atoms with E-state index in [1.54, 1.807) is 14.0 Å². The number of carbonyl (C=O) groups excluding carboxylic acids is 1. The lowest BCUT2D eigenvalue weighted by atomic mass is 10.0. The van der Waals surface area contributed by atoms with Crippen molar-refractivity contribution >= 4 is 11.6 Å². The third-order valence-electron chi connectivity index (χ3n) is 5.45. The summed E-state index contributed by atoms with van der Waals surface area (Å²) in [5.74, 6) is 1.02. The van der Waals surface area contributed by atoms with Crippen LogP contribution in [0.2, 0.25) is 0 Å². The summed E-state index contributed by atoms with van der Waals surface area (Å²) in [6.45, 7) is 6.79. The first-order chi connectivity index (χ1) is 13.1. The van der Waals surface area contributed by atoms with Crippen molar-refractivity contribution in [3.63, 3.8) is 0 Å². The highest BCUT2D eigenvalue weighted by Crippen LogP contribution is 2.25. The molecule has 1 saturated heterocycles. The van der Waals surface area contributed by atoms with Gasteiger partial charge < -0.3 is 9.64 Å². The topological polar surface area (TPSA) is 32.8 Å². The fourth-order valence-corrected chi connectivity index (χ4v) is 3.87. The van der Waals surface area contributed by atoms with Crippen molar-refractivity contribution in [2.24, 2.45) is 0 Å². The van der Waals surface area contributed by atoms with E-state index in [0.29, 0.717) is 0 Å². The van der Waals surface area contributed by atoms with Gasteiger partial charge in [-0.1, -0.05) is 31.2 Å². The second-order valence-electron chi connectivity index (χ2n) is 7.26. The van der Waals surface area contributed by atoms with Gasteiger partial charge in [-0.3, -0.25) is 9.69 Å². The molecule has 27 heavy (non-hydrogen) atoms. The van der Waals surface area contributed by atoms with Crippen LogP contribution in [0, 0.1) is 0 Å². The highest BCUT2D eigenvalue weighted by molar-refractivity contribution is 5.92. The molecule has 0 saturated carbocycles. The van der Waals surface area contributed by atoms with E-state index in [4.69, 9.17) is 4.74 Å². The first kappa shape index (κ1) is 19.4. The third-order valence-corrected chi connectivity index (χ3v) is 5.45. The zero-order valence-electron chi connectivity index (χ0n) is 16.6. The van der Waals surface area contributed by atoms with Gasteiger partial charge in [-0.15, -0.1) is 0 Å². The summed E-state index contributed by atoms with van der Waals surface area (Å²) in [7, 11) is 1.69. The monoisotopic (exact) mass is 366 g/mol. The molecule has 144 valence electrons. The van der Waals surface area contributed by atoms with Crippen molar-refractivity contribution in [3.8, 4) is 5.75 Å². The summed E-state index contributed by atoms with van der Waals surface area (Å²) >= 11 is 0. The molecule has 0 atom stereocenters. The highest BCUT2D eigenvalue weighted by atomic mass is 16.5. The van der Waals surface area contributed by atoms with Crippen molar-refractivity contribution in [1.29, 1.82) is 0 Å². The first-order valence-electron chi connectivity index (χ1n) is 9.84. The predicted octanol–water partition coefficient (Wildman–Crippen LogP) is 4.28. The van der Waals surface area contributed by atoms with Gasteiger partial charge in [-0.2, -0.15) is 0 Å². The fraction of sp³-hybridized carbons (Fsp3) is 0.435. The van der Waals surface area contributed by atoms with E-state index in [1.165, 1.54) is 11.1 Å². The largest absolute Gasteiger partial charge is 0.497 e. The SMILES string of the molecule is CCc1ccc(N(C(C)=O)C2CCN(Cc3ccc(OC)cc3)CC2)cc1. The number of benzene rings is 2. The van der Waals surface area contributed by atoms with E-state index in [0.717, 1.165) is 50.3 Å². The number of hydrogen-bond acceptors (Lipinski definition) is 3. The molecule has 0 spiro atoms. The second-order valence-corrected chi connectivity index (χ2v) is 7.26. The normalized spacial score (nSPS) is 15.5. The van der Waals surface area contributed by atoms with E-state index in [-0.39, 0.29) is 11.9 Å². The molecule has 2 aromatic rings. The van der Waals surface area contributed by atoms with Crippen molar-refractivity contribution < 1.29 is 9.53 Å². The summed E-state index contributed by atoms with van der Waals surface area (Å²) < 4.78 is 5.23. The maximum absolute atomic E-state index is 12.3. The molecule has 1 fully saturated rings. The average Bonchev–Trinajstić information content (AvgIpc) is 2.70. The lowest BCUT2D eigenvalue weighted by Gasteiger charge is -2.38. The Hall–Kier alpha value is -2.33. The lowest BCUT2D eigenvalue weighted by molar-refractivity contribution is -0.117. The van der Waals surface area contributed by atoms with Crippen LogP contribution < -0.4 is 9.64 Å². The van der Waals surface area contributed by atoms with Gasteiger partial charge in [0.2, 0.25) is 5.91 Å². The number of amides is 1. The van der Waals surface area contributed by atoms with E-state index in [9.17, 15) is 4.79 Å². The van der Waals surface area contributed by atoms with Gasteiger partial charge in [0, 0.05) is 38.3 Å². The molecule has 1 heterocycles. The Morgan fingerprint density at radius 1 is 1.04 bits per heavy atom. The van der Waals surface area contributed by atoms with Crippen LogP contribution in [0.3, 0.4) is 0 Å². The first-order valence-corrected chi connectivity index (χ1v) is 9.84. The van der Waals surface area contributed by atoms with Crippen molar-refractivity contribution in [2.75, 3.05) is 25.1 Å². The van der Waals surface area contributed by atoms with Crippen molar-refractivity contribution in [1.82, 2.24) is 4.90 Å². The van der Waals surface area contributed by atoms with E-state index in [2.05, 4.69) is 48.2 Å². The van der Waals surface area contributed by atoms with Gasteiger partial charge in [0.1, 0.15) is 5.75 Å². The summed E-state index contributed by atoms with van der Waals surface area (Å²) in [6, 6.07) is 17.0. The Morgan fingerprint density at radius 3 is 2.15 bits per heavy atom. The van der Waals surface area contributed by atoms with Gasteiger partial charge in [0.05, 0.1) is 7.11 Å². The summed E-state index contributed by atoms with van der Waals surface area (Å²) in [6.07, 6.45) is 3.03. The van der Waals surface area contributed by atoms with Gasteiger partial charge >= 0.3 is 0 Å². The lowest BCUT2D eigenvalue weighted by Crippen LogP contribution is -2.46. The van der Waals surface area contributed by atoms with Gasteiger partial charge in [0.15, 0.2) is 0 Å². The number of carbonyl (C=O) groups is 1. The summed E-state index contributed by atoms with van der Waals surface area (Å²) in [4.78, 5) is 16.8. The molecule has 4 nitrogen and oxygen atoms in total. The number of methoxy groups -OCH3 is 1. The maximum Gasteiger partial charge on any atom is 0.224 e. The molecule has 2 aromatic carbocycles.